The second-order valence-corrected chi connectivity index (χ2v) is 8.47. The monoisotopic (exact) mass is 440 g/mol. The Kier molecular flexibility index (Phi) is 6.09. The molecule has 1 fully saturated rings. The lowest BCUT2D eigenvalue weighted by Crippen LogP contribution is -2.36. The van der Waals surface area contributed by atoms with Crippen molar-refractivity contribution in [1.29, 1.82) is 0 Å². The molecule has 3 heterocycles. The van der Waals surface area contributed by atoms with Gasteiger partial charge >= 0.3 is 0 Å². The number of hydrogen-bond donors (Lipinski definition) is 1. The van der Waals surface area contributed by atoms with E-state index in [1.54, 1.807) is 10.9 Å². The van der Waals surface area contributed by atoms with Gasteiger partial charge in [-0.05, 0) is 62.7 Å². The minimum Gasteiger partial charge on any atom is -0.468 e. The van der Waals surface area contributed by atoms with Crippen LogP contribution in [0.15, 0.2) is 83.6 Å². The molecule has 4 aromatic rings. The van der Waals surface area contributed by atoms with Crippen LogP contribution in [0.2, 0.25) is 0 Å². The van der Waals surface area contributed by atoms with E-state index in [9.17, 15) is 4.79 Å². The first-order chi connectivity index (χ1) is 16.2. The highest BCUT2D eigenvalue weighted by molar-refractivity contribution is 6.00. The van der Waals surface area contributed by atoms with Gasteiger partial charge in [0, 0.05) is 18.3 Å². The molecule has 168 valence electrons. The van der Waals surface area contributed by atoms with E-state index in [2.05, 4.69) is 10.2 Å². The highest BCUT2D eigenvalue weighted by Gasteiger charge is 2.27. The number of benzene rings is 2. The van der Waals surface area contributed by atoms with Crippen molar-refractivity contribution in [2.24, 2.45) is 0 Å². The number of aryl methyl sites for hydroxylation is 1. The van der Waals surface area contributed by atoms with E-state index >= 15 is 0 Å². The van der Waals surface area contributed by atoms with E-state index in [1.807, 2.05) is 79.9 Å². The summed E-state index contributed by atoms with van der Waals surface area (Å²) in [5, 5.41) is 7.98. The number of para-hydroxylation sites is 1. The number of furan rings is 1. The van der Waals surface area contributed by atoms with Crippen LogP contribution in [0.25, 0.3) is 16.9 Å². The van der Waals surface area contributed by atoms with Crippen LogP contribution in [0, 0.1) is 6.92 Å². The number of aromatic nitrogens is 2. The van der Waals surface area contributed by atoms with Crippen LogP contribution in [0.1, 0.15) is 40.6 Å². The number of carbonyl (C=O) groups excluding carboxylic acids is 1. The lowest BCUT2D eigenvalue weighted by molar-refractivity contribution is 0.0934. The fourth-order valence-corrected chi connectivity index (χ4v) is 4.52. The molecular weight excluding hydrogens is 412 g/mol. The predicted molar refractivity (Wildman–Crippen MR) is 128 cm³/mol. The topological polar surface area (TPSA) is 63.3 Å². The normalized spacial score (nSPS) is 14.9. The maximum atomic E-state index is 13.5. The Balaban J connectivity index is 1.45. The van der Waals surface area contributed by atoms with Gasteiger partial charge < -0.3 is 9.73 Å². The van der Waals surface area contributed by atoms with Crippen molar-refractivity contribution in [3.05, 3.63) is 96.1 Å². The van der Waals surface area contributed by atoms with Crippen LogP contribution in [-0.4, -0.2) is 40.2 Å². The third-order valence-electron chi connectivity index (χ3n) is 6.29. The quantitative estimate of drug-likeness (QED) is 0.439. The molecule has 0 unspecified atom stereocenters. The van der Waals surface area contributed by atoms with Gasteiger partial charge in [-0.1, -0.05) is 42.5 Å². The zero-order chi connectivity index (χ0) is 22.6. The van der Waals surface area contributed by atoms with Crippen molar-refractivity contribution < 1.29 is 9.21 Å². The molecule has 6 nitrogen and oxygen atoms in total. The third-order valence-corrected chi connectivity index (χ3v) is 6.29. The smallest absolute Gasteiger partial charge is 0.255 e. The Labute approximate surface area is 193 Å². The van der Waals surface area contributed by atoms with E-state index in [4.69, 9.17) is 9.52 Å². The Morgan fingerprint density at radius 3 is 2.52 bits per heavy atom. The van der Waals surface area contributed by atoms with Gasteiger partial charge in [-0.2, -0.15) is 5.10 Å². The van der Waals surface area contributed by atoms with Gasteiger partial charge in [0.15, 0.2) is 0 Å². The molecule has 33 heavy (non-hydrogen) atoms. The first-order valence-corrected chi connectivity index (χ1v) is 11.5. The molecule has 1 aliphatic rings. The number of nitrogens with zero attached hydrogens (tertiary/aromatic N) is 3. The van der Waals surface area contributed by atoms with Gasteiger partial charge in [-0.3, -0.25) is 9.69 Å². The number of carbonyl (C=O) groups is 1. The molecule has 1 amide bonds. The van der Waals surface area contributed by atoms with Crippen molar-refractivity contribution in [2.75, 3.05) is 19.6 Å². The van der Waals surface area contributed by atoms with Gasteiger partial charge in [-0.15, -0.1) is 0 Å². The van der Waals surface area contributed by atoms with Gasteiger partial charge in [0.2, 0.25) is 0 Å². The first kappa shape index (κ1) is 21.2. The Morgan fingerprint density at radius 1 is 1.03 bits per heavy atom. The van der Waals surface area contributed by atoms with E-state index in [-0.39, 0.29) is 11.9 Å². The molecule has 0 aliphatic carbocycles. The Morgan fingerprint density at radius 2 is 1.79 bits per heavy atom. The highest BCUT2D eigenvalue weighted by Crippen LogP contribution is 2.28. The van der Waals surface area contributed by atoms with E-state index < -0.39 is 0 Å². The van der Waals surface area contributed by atoms with E-state index in [1.165, 1.54) is 12.8 Å². The second kappa shape index (κ2) is 9.46. The number of nitrogens with one attached hydrogen (secondary N) is 1. The Bertz CT molecular complexity index is 1210. The molecule has 2 aromatic heterocycles. The summed E-state index contributed by atoms with van der Waals surface area (Å²) < 4.78 is 7.49. The molecule has 0 bridgehead atoms. The molecule has 0 saturated carbocycles. The third kappa shape index (κ3) is 4.47. The molecule has 0 radical (unpaired) electrons. The maximum Gasteiger partial charge on any atom is 0.255 e. The largest absolute Gasteiger partial charge is 0.468 e. The molecule has 1 atom stereocenters. The minimum absolute atomic E-state index is 0.0255. The fraction of sp³-hybridized carbons (Fsp3) is 0.259. The van der Waals surface area contributed by atoms with Crippen molar-refractivity contribution in [2.45, 2.75) is 25.8 Å². The molecule has 1 N–H and O–H groups in total. The zero-order valence-corrected chi connectivity index (χ0v) is 18.8. The average molecular weight is 441 g/mol. The molecular formula is C27H28N4O2. The fourth-order valence-electron chi connectivity index (χ4n) is 4.52. The summed E-state index contributed by atoms with van der Waals surface area (Å²) in [6.07, 6.45) is 5.86. The minimum atomic E-state index is -0.133. The second-order valence-electron chi connectivity index (χ2n) is 8.47. The lowest BCUT2D eigenvalue weighted by atomic mass is 10.0. The average Bonchev–Trinajstić information content (AvgIpc) is 3.62. The molecule has 6 heteroatoms. The summed E-state index contributed by atoms with van der Waals surface area (Å²) in [5.41, 5.74) is 4.20. The SMILES string of the molecule is Cc1ccccc1-c1nn(-c2ccccc2)cc1C(=O)NC[C@@H](c1ccco1)N1CCCC1. The van der Waals surface area contributed by atoms with Gasteiger partial charge in [-0.25, -0.2) is 4.68 Å². The standard InChI is InChI=1S/C27H28N4O2/c1-20-10-5-6-13-22(20)26-23(19-31(29-26)21-11-3-2-4-12-21)27(32)28-18-24(25-14-9-17-33-25)30-15-7-8-16-30/h2-6,9-14,17,19,24H,7-8,15-16,18H2,1H3,(H,28,32)/t24-/m0/s1. The Hall–Kier alpha value is -3.64. The molecule has 1 saturated heterocycles. The van der Waals surface area contributed by atoms with Gasteiger partial charge in [0.05, 0.1) is 23.6 Å². The molecule has 5 rings (SSSR count). The highest BCUT2D eigenvalue weighted by atomic mass is 16.3. The van der Waals surface area contributed by atoms with Crippen LogP contribution in [-0.2, 0) is 0 Å². The zero-order valence-electron chi connectivity index (χ0n) is 18.8. The number of likely N-dealkylation sites (tertiary alicyclic amines) is 1. The van der Waals surface area contributed by atoms with E-state index in [0.717, 1.165) is 35.7 Å². The first-order valence-electron chi connectivity index (χ1n) is 11.5. The van der Waals surface area contributed by atoms with Crippen LogP contribution < -0.4 is 5.32 Å². The summed E-state index contributed by atoms with van der Waals surface area (Å²) in [5.74, 6) is 0.752. The number of amides is 1. The van der Waals surface area contributed by atoms with Crippen LogP contribution >= 0.6 is 0 Å². The van der Waals surface area contributed by atoms with Gasteiger partial charge in [0.1, 0.15) is 11.5 Å². The summed E-state index contributed by atoms with van der Waals surface area (Å²) in [6, 6.07) is 21.8. The van der Waals surface area contributed by atoms with Crippen LogP contribution in [0.3, 0.4) is 0 Å². The molecule has 0 spiro atoms. The summed E-state index contributed by atoms with van der Waals surface area (Å²) in [6.45, 7) is 4.55. The summed E-state index contributed by atoms with van der Waals surface area (Å²) >= 11 is 0. The maximum absolute atomic E-state index is 13.5. The number of hydrogen-bond acceptors (Lipinski definition) is 4. The molecule has 2 aromatic carbocycles. The van der Waals surface area contributed by atoms with Crippen molar-refractivity contribution in [3.63, 3.8) is 0 Å². The molecule has 1 aliphatic heterocycles. The van der Waals surface area contributed by atoms with Gasteiger partial charge in [0.25, 0.3) is 5.91 Å². The van der Waals surface area contributed by atoms with Crippen molar-refractivity contribution in [1.82, 2.24) is 20.0 Å². The van der Waals surface area contributed by atoms with E-state index in [0.29, 0.717) is 17.8 Å². The van der Waals surface area contributed by atoms with Crippen molar-refractivity contribution in [3.8, 4) is 16.9 Å². The summed E-state index contributed by atoms with van der Waals surface area (Å²) in [7, 11) is 0. The van der Waals surface area contributed by atoms with Crippen LogP contribution in [0.4, 0.5) is 0 Å². The number of rotatable bonds is 7. The predicted octanol–water partition coefficient (Wildman–Crippen LogP) is 5.01. The summed E-state index contributed by atoms with van der Waals surface area (Å²) in [4.78, 5) is 15.9. The van der Waals surface area contributed by atoms with Crippen molar-refractivity contribution >= 4 is 5.91 Å². The lowest BCUT2D eigenvalue weighted by Gasteiger charge is -2.26. The van der Waals surface area contributed by atoms with Crippen LogP contribution in [0.5, 0.6) is 0 Å².